The van der Waals surface area contributed by atoms with E-state index in [-0.39, 0.29) is 0 Å². The van der Waals surface area contributed by atoms with E-state index in [1.165, 1.54) is 0 Å². The van der Waals surface area contributed by atoms with Gasteiger partial charge in [-0.05, 0) is 70.8 Å². The minimum Gasteiger partial charge on any atom is -0.456 e. The summed E-state index contributed by atoms with van der Waals surface area (Å²) in [6.07, 6.45) is 0. The van der Waals surface area contributed by atoms with E-state index in [2.05, 4.69) is 91.0 Å². The van der Waals surface area contributed by atoms with Gasteiger partial charge < -0.3 is 8.83 Å². The van der Waals surface area contributed by atoms with Crippen molar-refractivity contribution in [1.29, 1.82) is 0 Å². The van der Waals surface area contributed by atoms with E-state index in [0.717, 1.165) is 82.8 Å². The number of furan rings is 2. The molecule has 10 rings (SSSR count). The predicted molar refractivity (Wildman–Crippen MR) is 202 cm³/mol. The molecule has 0 saturated heterocycles. The van der Waals surface area contributed by atoms with Crippen molar-refractivity contribution in [1.82, 2.24) is 15.0 Å². The molecule has 0 aliphatic carbocycles. The molecule has 0 atom stereocenters. The number of fused-ring (bicyclic) bond motifs is 6. The number of benzene rings is 7. The summed E-state index contributed by atoms with van der Waals surface area (Å²) in [7, 11) is 0. The largest absolute Gasteiger partial charge is 0.456 e. The molecule has 0 aliphatic rings. The van der Waals surface area contributed by atoms with Gasteiger partial charge in [0.05, 0.1) is 5.56 Å². The van der Waals surface area contributed by atoms with Gasteiger partial charge in [-0.2, -0.15) is 0 Å². The van der Waals surface area contributed by atoms with Gasteiger partial charge in [0.2, 0.25) is 0 Å². The summed E-state index contributed by atoms with van der Waals surface area (Å²) in [5, 5.41) is 4.12. The second-order valence-corrected chi connectivity index (χ2v) is 12.4. The minimum atomic E-state index is 0.545. The summed E-state index contributed by atoms with van der Waals surface area (Å²) in [5.74, 6) is 1.70. The van der Waals surface area contributed by atoms with Crippen molar-refractivity contribution >= 4 is 43.9 Å². The van der Waals surface area contributed by atoms with Crippen molar-refractivity contribution < 1.29 is 8.83 Å². The maximum absolute atomic E-state index is 6.44. The maximum Gasteiger partial charge on any atom is 0.167 e. The second kappa shape index (κ2) is 11.4. The highest BCUT2D eigenvalue weighted by atomic mass is 16.3. The van der Waals surface area contributed by atoms with E-state index >= 15 is 0 Å². The molecule has 10 aromatic rings. The average Bonchev–Trinajstić information content (AvgIpc) is 3.76. The molecule has 0 unspecified atom stereocenters. The monoisotopic (exact) mass is 641 g/mol. The number of hydrogen-bond donors (Lipinski definition) is 0. The number of aromatic nitrogens is 3. The topological polar surface area (TPSA) is 65.0 Å². The van der Waals surface area contributed by atoms with E-state index in [9.17, 15) is 0 Å². The first-order valence-electron chi connectivity index (χ1n) is 16.6. The van der Waals surface area contributed by atoms with Gasteiger partial charge in [0.25, 0.3) is 0 Å². The van der Waals surface area contributed by atoms with E-state index in [4.69, 9.17) is 23.8 Å². The standard InChI is InChI=1S/C45H27N3O2/c1-3-11-28(12-4-1)30-15-9-16-32(25-30)43-46-44(48-45(47-43)36-19-10-18-35-34-17-7-8-20-39(34)50-42(35)36)33-22-24-41-38(27-33)37-26-31(21-23-40(37)49-41)29-13-5-2-6-14-29/h1-27H. The van der Waals surface area contributed by atoms with Crippen molar-refractivity contribution in [3.63, 3.8) is 0 Å². The lowest BCUT2D eigenvalue weighted by Gasteiger charge is -2.10. The van der Waals surface area contributed by atoms with Crippen molar-refractivity contribution in [2.45, 2.75) is 0 Å². The third-order valence-electron chi connectivity index (χ3n) is 9.34. The fourth-order valence-corrected chi connectivity index (χ4v) is 6.87. The summed E-state index contributed by atoms with van der Waals surface area (Å²) in [5.41, 5.74) is 10.3. The Kier molecular flexibility index (Phi) is 6.42. The number of nitrogens with zero attached hydrogens (tertiary/aromatic N) is 3. The molecule has 5 heteroatoms. The number of para-hydroxylation sites is 2. The number of hydrogen-bond acceptors (Lipinski definition) is 5. The van der Waals surface area contributed by atoms with E-state index in [1.54, 1.807) is 0 Å². The molecule has 0 N–H and O–H groups in total. The van der Waals surface area contributed by atoms with Crippen LogP contribution in [0.1, 0.15) is 0 Å². The molecule has 3 heterocycles. The van der Waals surface area contributed by atoms with Crippen LogP contribution in [-0.4, -0.2) is 15.0 Å². The highest BCUT2D eigenvalue weighted by Gasteiger charge is 2.19. The van der Waals surface area contributed by atoms with Crippen LogP contribution in [0.2, 0.25) is 0 Å². The fourth-order valence-electron chi connectivity index (χ4n) is 6.87. The summed E-state index contributed by atoms with van der Waals surface area (Å²) < 4.78 is 12.7. The van der Waals surface area contributed by atoms with Crippen molar-refractivity contribution in [3.8, 4) is 56.4 Å². The quantitative estimate of drug-likeness (QED) is 0.187. The Balaban J connectivity index is 1.18. The van der Waals surface area contributed by atoms with Crippen LogP contribution >= 0.6 is 0 Å². The van der Waals surface area contributed by atoms with Gasteiger partial charge in [0, 0.05) is 32.7 Å². The van der Waals surface area contributed by atoms with E-state index in [1.807, 2.05) is 72.8 Å². The second-order valence-electron chi connectivity index (χ2n) is 12.4. The SMILES string of the molecule is c1ccc(-c2cccc(-c3nc(-c4ccc5oc6ccc(-c7ccccc7)cc6c5c4)nc(-c4cccc5c4oc4ccccc45)n3)c2)cc1. The zero-order chi connectivity index (χ0) is 33.0. The molecule has 3 aromatic heterocycles. The van der Waals surface area contributed by atoms with Crippen molar-refractivity contribution in [2.75, 3.05) is 0 Å². The summed E-state index contributed by atoms with van der Waals surface area (Å²) in [6, 6.07) is 55.8. The number of rotatable bonds is 5. The zero-order valence-corrected chi connectivity index (χ0v) is 26.7. The molecule has 0 spiro atoms. The third-order valence-corrected chi connectivity index (χ3v) is 9.34. The molecule has 0 radical (unpaired) electrons. The molecule has 0 amide bonds. The van der Waals surface area contributed by atoms with Crippen LogP contribution in [0.4, 0.5) is 0 Å². The highest BCUT2D eigenvalue weighted by molar-refractivity contribution is 6.09. The third kappa shape index (κ3) is 4.75. The Morgan fingerprint density at radius 2 is 0.800 bits per heavy atom. The molecule has 50 heavy (non-hydrogen) atoms. The first-order chi connectivity index (χ1) is 24.7. The highest BCUT2D eigenvalue weighted by Crippen LogP contribution is 2.38. The molecular weight excluding hydrogens is 615 g/mol. The first kappa shape index (κ1) is 28.2. The summed E-state index contributed by atoms with van der Waals surface area (Å²) in [4.78, 5) is 15.3. The molecule has 0 fully saturated rings. The van der Waals surface area contributed by atoms with Crippen molar-refractivity contribution in [2.24, 2.45) is 0 Å². The van der Waals surface area contributed by atoms with Crippen LogP contribution in [0.15, 0.2) is 173 Å². The molecule has 5 nitrogen and oxygen atoms in total. The van der Waals surface area contributed by atoms with Gasteiger partial charge in [-0.1, -0.05) is 115 Å². The predicted octanol–water partition coefficient (Wildman–Crippen LogP) is 12.0. The molecule has 0 bridgehead atoms. The molecule has 234 valence electrons. The van der Waals surface area contributed by atoms with Gasteiger partial charge in [-0.25, -0.2) is 15.0 Å². The van der Waals surface area contributed by atoms with Gasteiger partial charge in [-0.15, -0.1) is 0 Å². The van der Waals surface area contributed by atoms with Crippen molar-refractivity contribution in [3.05, 3.63) is 164 Å². The van der Waals surface area contributed by atoms with Gasteiger partial charge in [-0.3, -0.25) is 0 Å². The maximum atomic E-state index is 6.44. The van der Waals surface area contributed by atoms with Gasteiger partial charge in [0.15, 0.2) is 17.5 Å². The summed E-state index contributed by atoms with van der Waals surface area (Å²) in [6.45, 7) is 0. The Morgan fingerprint density at radius 3 is 1.54 bits per heavy atom. The first-order valence-corrected chi connectivity index (χ1v) is 16.6. The van der Waals surface area contributed by atoms with Crippen LogP contribution < -0.4 is 0 Å². The Hall–Kier alpha value is -6.85. The summed E-state index contributed by atoms with van der Waals surface area (Å²) >= 11 is 0. The molecule has 0 aliphatic heterocycles. The van der Waals surface area contributed by atoms with Gasteiger partial charge >= 0.3 is 0 Å². The Bertz CT molecular complexity index is 2870. The van der Waals surface area contributed by atoms with Crippen LogP contribution in [0.25, 0.3) is 100 Å². The minimum absolute atomic E-state index is 0.545. The Labute approximate surface area is 287 Å². The fraction of sp³-hybridized carbons (Fsp3) is 0. The smallest absolute Gasteiger partial charge is 0.167 e. The Morgan fingerprint density at radius 1 is 0.300 bits per heavy atom. The molecular formula is C45H27N3O2. The average molecular weight is 642 g/mol. The van der Waals surface area contributed by atoms with Crippen LogP contribution in [0, 0.1) is 0 Å². The normalized spacial score (nSPS) is 11.6. The van der Waals surface area contributed by atoms with Gasteiger partial charge in [0.1, 0.15) is 22.3 Å². The zero-order valence-electron chi connectivity index (χ0n) is 26.7. The molecule has 7 aromatic carbocycles. The van der Waals surface area contributed by atoms with Crippen LogP contribution in [0.3, 0.4) is 0 Å². The lowest BCUT2D eigenvalue weighted by molar-refractivity contribution is 0.669. The van der Waals surface area contributed by atoms with E-state index < -0.39 is 0 Å². The van der Waals surface area contributed by atoms with Crippen LogP contribution in [0.5, 0.6) is 0 Å². The van der Waals surface area contributed by atoms with Crippen LogP contribution in [-0.2, 0) is 0 Å². The lowest BCUT2D eigenvalue weighted by atomic mass is 10.0. The lowest BCUT2D eigenvalue weighted by Crippen LogP contribution is -2.00. The van der Waals surface area contributed by atoms with E-state index in [0.29, 0.717) is 17.5 Å². The molecule has 0 saturated carbocycles.